The average molecular weight is 246 g/mol. The average Bonchev–Trinajstić information content (AvgIpc) is 2.87. The van der Waals surface area contributed by atoms with E-state index in [4.69, 9.17) is 0 Å². The van der Waals surface area contributed by atoms with Gasteiger partial charge in [0.05, 0.1) is 6.54 Å². The summed E-state index contributed by atoms with van der Waals surface area (Å²) in [5.41, 5.74) is 0.629. The molecule has 0 saturated heterocycles. The number of hydrogen-bond acceptors (Lipinski definition) is 3. The van der Waals surface area contributed by atoms with Gasteiger partial charge < -0.3 is 5.32 Å². The zero-order valence-corrected chi connectivity index (χ0v) is 9.43. The van der Waals surface area contributed by atoms with E-state index in [1.807, 2.05) is 0 Å². The van der Waals surface area contributed by atoms with Crippen molar-refractivity contribution in [3.63, 3.8) is 0 Å². The van der Waals surface area contributed by atoms with Gasteiger partial charge >= 0.3 is 0 Å². The van der Waals surface area contributed by atoms with Crippen molar-refractivity contribution in [1.29, 1.82) is 0 Å². The third-order valence-corrected chi connectivity index (χ3v) is 2.17. The molecule has 5 nitrogen and oxygen atoms in total. The van der Waals surface area contributed by atoms with Crippen molar-refractivity contribution in [2.75, 3.05) is 0 Å². The Morgan fingerprint density at radius 2 is 2.39 bits per heavy atom. The molecule has 18 heavy (non-hydrogen) atoms. The van der Waals surface area contributed by atoms with Crippen LogP contribution in [0.15, 0.2) is 36.7 Å². The van der Waals surface area contributed by atoms with Gasteiger partial charge in [-0.05, 0) is 23.8 Å². The molecule has 0 fully saturated rings. The SMILES string of the molecule is O=C(/C=C/c1cccc(F)c1)NCc1ncn[nH]1. The molecule has 0 bridgehead atoms. The molecule has 1 heterocycles. The number of aromatic amines is 1. The van der Waals surface area contributed by atoms with E-state index in [9.17, 15) is 9.18 Å². The van der Waals surface area contributed by atoms with Crippen molar-refractivity contribution in [3.05, 3.63) is 53.9 Å². The lowest BCUT2D eigenvalue weighted by Gasteiger charge is -1.98. The van der Waals surface area contributed by atoms with Gasteiger partial charge in [-0.2, -0.15) is 5.10 Å². The Balaban J connectivity index is 1.87. The van der Waals surface area contributed by atoms with E-state index in [2.05, 4.69) is 20.5 Å². The highest BCUT2D eigenvalue weighted by Crippen LogP contribution is 2.04. The second-order valence-corrected chi connectivity index (χ2v) is 3.54. The van der Waals surface area contributed by atoms with Gasteiger partial charge in [-0.15, -0.1) is 0 Å². The van der Waals surface area contributed by atoms with Gasteiger partial charge in [0.25, 0.3) is 0 Å². The Kier molecular flexibility index (Phi) is 3.80. The highest BCUT2D eigenvalue weighted by molar-refractivity contribution is 5.91. The highest BCUT2D eigenvalue weighted by atomic mass is 19.1. The first-order valence-corrected chi connectivity index (χ1v) is 5.30. The van der Waals surface area contributed by atoms with Crippen molar-refractivity contribution in [1.82, 2.24) is 20.5 Å². The minimum atomic E-state index is -0.334. The fourth-order valence-electron chi connectivity index (χ4n) is 1.33. The number of carbonyl (C=O) groups excluding carboxylic acids is 1. The fourth-order valence-corrected chi connectivity index (χ4v) is 1.33. The van der Waals surface area contributed by atoms with Crippen LogP contribution >= 0.6 is 0 Å². The number of benzene rings is 1. The standard InChI is InChI=1S/C12H11FN4O/c13-10-3-1-2-9(6-10)4-5-12(18)14-7-11-15-8-16-17-11/h1-6,8H,7H2,(H,14,18)(H,15,16,17)/b5-4+. The Bertz CT molecular complexity index is 551. The predicted octanol–water partition coefficient (Wildman–Crippen LogP) is 1.27. The molecular weight excluding hydrogens is 235 g/mol. The van der Waals surface area contributed by atoms with Crippen molar-refractivity contribution in [2.45, 2.75) is 6.54 Å². The Morgan fingerprint density at radius 1 is 1.50 bits per heavy atom. The maximum Gasteiger partial charge on any atom is 0.244 e. The molecule has 2 rings (SSSR count). The molecule has 0 aliphatic heterocycles. The molecule has 0 radical (unpaired) electrons. The molecule has 0 aliphatic rings. The first-order chi connectivity index (χ1) is 8.74. The van der Waals surface area contributed by atoms with E-state index in [0.717, 1.165) is 0 Å². The monoisotopic (exact) mass is 246 g/mol. The second-order valence-electron chi connectivity index (χ2n) is 3.54. The van der Waals surface area contributed by atoms with E-state index in [1.165, 1.54) is 24.5 Å². The van der Waals surface area contributed by atoms with E-state index in [1.54, 1.807) is 18.2 Å². The van der Waals surface area contributed by atoms with Crippen LogP contribution in [0.1, 0.15) is 11.4 Å². The zero-order valence-electron chi connectivity index (χ0n) is 9.43. The van der Waals surface area contributed by atoms with Crippen molar-refractivity contribution >= 4 is 12.0 Å². The number of H-pyrrole nitrogens is 1. The largest absolute Gasteiger partial charge is 0.345 e. The summed E-state index contributed by atoms with van der Waals surface area (Å²) in [6.07, 6.45) is 4.24. The summed E-state index contributed by atoms with van der Waals surface area (Å²) in [5.74, 6) is -0.0441. The quantitative estimate of drug-likeness (QED) is 0.798. The highest BCUT2D eigenvalue weighted by Gasteiger charge is 1.98. The Labute approximate surface area is 103 Å². The van der Waals surface area contributed by atoms with E-state index in [-0.39, 0.29) is 18.3 Å². The normalized spacial score (nSPS) is 10.7. The summed E-state index contributed by atoms with van der Waals surface area (Å²) in [6.45, 7) is 0.270. The summed E-state index contributed by atoms with van der Waals surface area (Å²) >= 11 is 0. The maximum absolute atomic E-state index is 12.9. The van der Waals surface area contributed by atoms with Crippen LogP contribution in [0, 0.1) is 5.82 Å². The Hall–Kier alpha value is -2.50. The molecule has 0 saturated carbocycles. The molecule has 92 valence electrons. The number of aromatic nitrogens is 3. The van der Waals surface area contributed by atoms with Crippen LogP contribution in [0.4, 0.5) is 4.39 Å². The van der Waals surface area contributed by atoms with Crippen LogP contribution in [-0.2, 0) is 11.3 Å². The first kappa shape index (κ1) is 12.0. The van der Waals surface area contributed by atoms with Crippen LogP contribution in [0.5, 0.6) is 0 Å². The molecule has 0 unspecified atom stereocenters. The summed E-state index contributed by atoms with van der Waals surface area (Å²) in [4.78, 5) is 15.3. The molecule has 2 aromatic rings. The number of hydrogen-bond donors (Lipinski definition) is 2. The van der Waals surface area contributed by atoms with Crippen LogP contribution in [0.3, 0.4) is 0 Å². The zero-order chi connectivity index (χ0) is 12.8. The lowest BCUT2D eigenvalue weighted by Crippen LogP contribution is -2.20. The number of nitrogens with one attached hydrogen (secondary N) is 2. The van der Waals surface area contributed by atoms with Gasteiger partial charge in [0, 0.05) is 6.08 Å². The lowest BCUT2D eigenvalue weighted by atomic mass is 10.2. The van der Waals surface area contributed by atoms with E-state index in [0.29, 0.717) is 11.4 Å². The Morgan fingerprint density at radius 3 is 3.11 bits per heavy atom. The maximum atomic E-state index is 12.9. The summed E-state index contributed by atoms with van der Waals surface area (Å²) in [5, 5.41) is 8.90. The summed E-state index contributed by atoms with van der Waals surface area (Å²) in [6, 6.07) is 5.99. The molecule has 1 amide bonds. The summed E-state index contributed by atoms with van der Waals surface area (Å²) < 4.78 is 12.9. The van der Waals surface area contributed by atoms with Crippen molar-refractivity contribution in [2.24, 2.45) is 0 Å². The van der Waals surface area contributed by atoms with Crippen molar-refractivity contribution < 1.29 is 9.18 Å². The molecule has 1 aromatic carbocycles. The molecular formula is C12H11FN4O. The van der Waals surface area contributed by atoms with E-state index < -0.39 is 0 Å². The number of rotatable bonds is 4. The molecule has 1 aromatic heterocycles. The van der Waals surface area contributed by atoms with Gasteiger partial charge in [0.2, 0.25) is 5.91 Å². The molecule has 0 atom stereocenters. The third kappa shape index (κ3) is 3.51. The molecule has 2 N–H and O–H groups in total. The summed E-state index contributed by atoms with van der Waals surface area (Å²) in [7, 11) is 0. The minimum Gasteiger partial charge on any atom is -0.345 e. The van der Waals surface area contributed by atoms with E-state index >= 15 is 0 Å². The van der Waals surface area contributed by atoms with Gasteiger partial charge in [-0.1, -0.05) is 12.1 Å². The molecule has 0 spiro atoms. The van der Waals surface area contributed by atoms with Gasteiger partial charge in [-0.25, -0.2) is 9.37 Å². The molecule has 6 heteroatoms. The van der Waals surface area contributed by atoms with Crippen LogP contribution in [-0.4, -0.2) is 21.1 Å². The van der Waals surface area contributed by atoms with Crippen LogP contribution in [0.25, 0.3) is 6.08 Å². The van der Waals surface area contributed by atoms with Crippen LogP contribution in [0.2, 0.25) is 0 Å². The first-order valence-electron chi connectivity index (χ1n) is 5.30. The van der Waals surface area contributed by atoms with Gasteiger partial charge in [0.15, 0.2) is 0 Å². The number of amides is 1. The number of nitrogens with zero attached hydrogens (tertiary/aromatic N) is 2. The van der Waals surface area contributed by atoms with Crippen molar-refractivity contribution in [3.8, 4) is 0 Å². The smallest absolute Gasteiger partial charge is 0.244 e. The number of halogens is 1. The molecule has 0 aliphatic carbocycles. The third-order valence-electron chi connectivity index (χ3n) is 2.17. The number of carbonyl (C=O) groups is 1. The van der Waals surface area contributed by atoms with Gasteiger partial charge in [0.1, 0.15) is 18.0 Å². The second kappa shape index (κ2) is 5.72. The fraction of sp³-hybridized carbons (Fsp3) is 0.0833. The predicted molar refractivity (Wildman–Crippen MR) is 63.7 cm³/mol. The van der Waals surface area contributed by atoms with Crippen LogP contribution < -0.4 is 5.32 Å². The minimum absolute atomic E-state index is 0.270. The van der Waals surface area contributed by atoms with Gasteiger partial charge in [-0.3, -0.25) is 9.89 Å². The topological polar surface area (TPSA) is 70.7 Å². The lowest BCUT2D eigenvalue weighted by molar-refractivity contribution is -0.116.